The molecule has 0 saturated carbocycles. The summed E-state index contributed by atoms with van der Waals surface area (Å²) in [7, 11) is 2.29. The molecule has 1 N–H and O–H groups in total. The van der Waals surface area contributed by atoms with E-state index in [2.05, 4.69) is 89.4 Å². The number of aliphatic imine (C=N–C) groups is 1. The van der Waals surface area contributed by atoms with Crippen molar-refractivity contribution in [3.63, 3.8) is 0 Å². The van der Waals surface area contributed by atoms with Crippen LogP contribution < -0.4 is 5.32 Å². The van der Waals surface area contributed by atoms with Crippen LogP contribution in [0.3, 0.4) is 0 Å². The van der Waals surface area contributed by atoms with Crippen molar-refractivity contribution in [1.82, 2.24) is 14.7 Å². The SMILES string of the molecule is CCCN(CCCO[Si](C)(C)C(C)(C)C)C(=O)CC1=Cc2ccc(-c3ccc(C(=O)N4CCCC4)cc3)cc2NC(=NCCN(C)C)C1. The Morgan fingerprint density at radius 2 is 1.67 bits per heavy atom. The molecule has 2 heterocycles. The number of hydrogen-bond acceptors (Lipinski definition) is 5. The van der Waals surface area contributed by atoms with Gasteiger partial charge in [0.05, 0.1) is 6.54 Å². The number of fused-ring (bicyclic) bond motifs is 1. The number of amides is 2. The average Bonchev–Trinajstić information content (AvgIpc) is 3.51. The van der Waals surface area contributed by atoms with Crippen LogP contribution in [0.1, 0.15) is 82.1 Å². The maximum Gasteiger partial charge on any atom is 0.253 e. The first-order chi connectivity index (χ1) is 22.8. The van der Waals surface area contributed by atoms with E-state index >= 15 is 0 Å². The zero-order valence-electron chi connectivity index (χ0n) is 30.8. The zero-order valence-corrected chi connectivity index (χ0v) is 31.8. The summed E-state index contributed by atoms with van der Waals surface area (Å²) in [5.74, 6) is 1.15. The summed E-state index contributed by atoms with van der Waals surface area (Å²) < 4.78 is 6.40. The van der Waals surface area contributed by atoms with Crippen LogP contribution in [0.5, 0.6) is 0 Å². The van der Waals surface area contributed by atoms with E-state index in [4.69, 9.17) is 9.42 Å². The minimum Gasteiger partial charge on any atom is -0.417 e. The molecule has 1 fully saturated rings. The zero-order chi connectivity index (χ0) is 34.9. The van der Waals surface area contributed by atoms with E-state index in [1.165, 1.54) is 0 Å². The van der Waals surface area contributed by atoms with Gasteiger partial charge in [0.25, 0.3) is 5.91 Å². The van der Waals surface area contributed by atoms with Crippen molar-refractivity contribution in [3.05, 3.63) is 59.2 Å². The van der Waals surface area contributed by atoms with Crippen molar-refractivity contribution < 1.29 is 14.0 Å². The van der Waals surface area contributed by atoms with Crippen LogP contribution in [0, 0.1) is 0 Å². The van der Waals surface area contributed by atoms with E-state index in [0.29, 0.717) is 32.5 Å². The maximum absolute atomic E-state index is 13.7. The Kier molecular flexibility index (Phi) is 13.2. The predicted molar refractivity (Wildman–Crippen MR) is 203 cm³/mol. The van der Waals surface area contributed by atoms with Crippen LogP contribution >= 0.6 is 0 Å². The highest BCUT2D eigenvalue weighted by atomic mass is 28.4. The lowest BCUT2D eigenvalue weighted by molar-refractivity contribution is -0.130. The van der Waals surface area contributed by atoms with Crippen molar-refractivity contribution in [2.45, 2.75) is 84.4 Å². The Morgan fingerprint density at radius 3 is 2.31 bits per heavy atom. The van der Waals surface area contributed by atoms with Gasteiger partial charge in [0.2, 0.25) is 5.91 Å². The first-order valence-corrected chi connectivity index (χ1v) is 20.8. The number of amidine groups is 1. The Bertz CT molecular complexity index is 1450. The third-order valence-corrected chi connectivity index (χ3v) is 14.4. The Labute approximate surface area is 290 Å². The van der Waals surface area contributed by atoms with E-state index in [1.54, 1.807) is 0 Å². The Morgan fingerprint density at radius 1 is 0.979 bits per heavy atom. The maximum atomic E-state index is 13.7. The van der Waals surface area contributed by atoms with Gasteiger partial charge in [0, 0.05) is 63.4 Å². The molecule has 0 spiro atoms. The van der Waals surface area contributed by atoms with Crippen molar-refractivity contribution in [1.29, 1.82) is 0 Å². The molecule has 2 aromatic carbocycles. The predicted octanol–water partition coefficient (Wildman–Crippen LogP) is 7.79. The van der Waals surface area contributed by atoms with Gasteiger partial charge in [-0.15, -0.1) is 0 Å². The van der Waals surface area contributed by atoms with Crippen molar-refractivity contribution >= 4 is 37.7 Å². The minimum atomic E-state index is -1.81. The quantitative estimate of drug-likeness (QED) is 0.164. The summed E-state index contributed by atoms with van der Waals surface area (Å²) in [5, 5.41) is 3.79. The van der Waals surface area contributed by atoms with Crippen LogP contribution in [-0.4, -0.2) is 101 Å². The van der Waals surface area contributed by atoms with Gasteiger partial charge >= 0.3 is 0 Å². The second-order valence-electron chi connectivity index (χ2n) is 15.1. The fraction of sp³-hybridized carbons (Fsp3) is 0.564. The third kappa shape index (κ3) is 10.4. The molecule has 8 nitrogen and oxygen atoms in total. The summed E-state index contributed by atoms with van der Waals surface area (Å²) in [6.07, 6.45) is 7.07. The molecule has 2 amide bonds. The van der Waals surface area contributed by atoms with E-state index in [-0.39, 0.29) is 16.9 Å². The normalized spacial score (nSPS) is 16.1. The van der Waals surface area contributed by atoms with Gasteiger partial charge in [-0.1, -0.05) is 63.6 Å². The molecule has 4 rings (SSSR count). The number of carbonyl (C=O) groups is 2. The number of hydrogen-bond donors (Lipinski definition) is 1. The van der Waals surface area contributed by atoms with Crippen LogP contribution in [0.4, 0.5) is 5.69 Å². The fourth-order valence-corrected chi connectivity index (χ4v) is 6.98. The molecular formula is C39H59N5O3Si. The number of nitrogens with zero attached hydrogens (tertiary/aromatic N) is 4. The second-order valence-corrected chi connectivity index (χ2v) is 19.9. The summed E-state index contributed by atoms with van der Waals surface area (Å²) in [5.41, 5.74) is 5.94. The van der Waals surface area contributed by atoms with Gasteiger partial charge in [-0.25, -0.2) is 0 Å². The van der Waals surface area contributed by atoms with Crippen LogP contribution in [0.25, 0.3) is 17.2 Å². The lowest BCUT2D eigenvalue weighted by Crippen LogP contribution is -2.41. The highest BCUT2D eigenvalue weighted by molar-refractivity contribution is 6.74. The van der Waals surface area contributed by atoms with Crippen molar-refractivity contribution in [3.8, 4) is 11.1 Å². The fourth-order valence-electron chi connectivity index (χ4n) is 5.89. The molecule has 48 heavy (non-hydrogen) atoms. The monoisotopic (exact) mass is 673 g/mol. The van der Waals surface area contributed by atoms with Gasteiger partial charge in [0.15, 0.2) is 8.32 Å². The molecule has 2 aliphatic heterocycles. The highest BCUT2D eigenvalue weighted by Gasteiger charge is 2.37. The molecular weight excluding hydrogens is 615 g/mol. The lowest BCUT2D eigenvalue weighted by atomic mass is 9.99. The third-order valence-electron chi connectivity index (χ3n) is 9.86. The van der Waals surface area contributed by atoms with E-state index in [1.807, 2.05) is 34.1 Å². The van der Waals surface area contributed by atoms with Crippen LogP contribution in [-0.2, 0) is 9.22 Å². The lowest BCUT2D eigenvalue weighted by Gasteiger charge is -2.36. The van der Waals surface area contributed by atoms with Gasteiger partial charge in [0.1, 0.15) is 5.84 Å². The van der Waals surface area contributed by atoms with Gasteiger partial charge in [-0.2, -0.15) is 0 Å². The number of benzene rings is 2. The first kappa shape index (κ1) is 37.5. The van der Waals surface area contributed by atoms with Gasteiger partial charge < -0.3 is 24.4 Å². The number of rotatable bonds is 14. The molecule has 0 bridgehead atoms. The smallest absolute Gasteiger partial charge is 0.253 e. The molecule has 2 aromatic rings. The van der Waals surface area contributed by atoms with E-state index in [0.717, 1.165) is 91.2 Å². The van der Waals surface area contributed by atoms with Crippen LogP contribution in [0.2, 0.25) is 18.1 Å². The Balaban J connectivity index is 1.51. The molecule has 0 aromatic heterocycles. The van der Waals surface area contributed by atoms with Crippen molar-refractivity contribution in [2.24, 2.45) is 4.99 Å². The minimum absolute atomic E-state index is 0.116. The molecule has 262 valence electrons. The first-order valence-electron chi connectivity index (χ1n) is 17.9. The molecule has 0 radical (unpaired) electrons. The molecule has 9 heteroatoms. The standard InChI is InChI=1S/C39H59N5O3Si/c1-9-20-43(23-12-25-47-48(7,8)39(2,3)4)37(45)28-30-26-34-18-17-33(29-35(34)41-36(27-30)40-19-24-42(5)6)31-13-15-32(16-14-31)38(46)44-21-10-11-22-44/h13-18,26,29H,9-12,19-25,27-28H2,1-8H3,(H,40,41). The largest absolute Gasteiger partial charge is 0.417 e. The number of nitrogens with one attached hydrogen (secondary N) is 1. The summed E-state index contributed by atoms with van der Waals surface area (Å²) >= 11 is 0. The number of carbonyl (C=O) groups excluding carboxylic acids is 2. The number of likely N-dealkylation sites (N-methyl/N-ethyl adjacent to an activating group) is 1. The van der Waals surface area contributed by atoms with Gasteiger partial charge in [-0.05, 0) is 92.8 Å². The molecule has 0 unspecified atom stereocenters. The second kappa shape index (κ2) is 16.9. The number of likely N-dealkylation sites (tertiary alicyclic amines) is 1. The summed E-state index contributed by atoms with van der Waals surface area (Å²) in [4.78, 5) is 37.6. The molecule has 2 aliphatic rings. The van der Waals surface area contributed by atoms with Crippen LogP contribution in [0.15, 0.2) is 53.0 Å². The van der Waals surface area contributed by atoms with E-state index < -0.39 is 8.32 Å². The molecule has 0 atom stereocenters. The summed E-state index contributed by atoms with van der Waals surface area (Å²) in [6.45, 7) is 18.8. The summed E-state index contributed by atoms with van der Waals surface area (Å²) in [6, 6.07) is 14.3. The molecule has 0 aliphatic carbocycles. The van der Waals surface area contributed by atoms with Crippen molar-refractivity contribution in [2.75, 3.05) is 65.3 Å². The Hall–Kier alpha value is -3.27. The highest BCUT2D eigenvalue weighted by Crippen LogP contribution is 2.36. The number of anilines is 1. The average molecular weight is 674 g/mol. The van der Waals surface area contributed by atoms with Gasteiger partial charge in [-0.3, -0.25) is 14.6 Å². The topological polar surface area (TPSA) is 77.5 Å². The van der Waals surface area contributed by atoms with E-state index in [9.17, 15) is 9.59 Å². The molecule has 1 saturated heterocycles.